The molecule has 119 valence electrons. The fourth-order valence-electron chi connectivity index (χ4n) is 0.975. The van der Waals surface area contributed by atoms with Gasteiger partial charge >= 0.3 is 23.0 Å². The Morgan fingerprint density at radius 3 is 1.71 bits per heavy atom. The number of imidazole rings is 1. The molecule has 0 saturated carbocycles. The maximum absolute atomic E-state index is 8.45. The number of hydrogen-bond acceptors (Lipinski definition) is 5. The molecule has 9 heteroatoms. The number of carbonyl (C=O) groups excluding carboxylic acids is 4. The van der Waals surface area contributed by atoms with Crippen molar-refractivity contribution in [2.75, 3.05) is 0 Å². The van der Waals surface area contributed by atoms with Crippen molar-refractivity contribution in [3.8, 4) is 0 Å². The van der Waals surface area contributed by atoms with Crippen LogP contribution >= 0.6 is 0 Å². The molecule has 0 amide bonds. The summed E-state index contributed by atoms with van der Waals surface area (Å²) >= 11 is -0.812. The Kier molecular flexibility index (Phi) is 64.4. The number of hydrogen-bond donors (Lipinski definition) is 1. The molecule has 0 atom stereocenters. The standard InChI is InChI=1S/C8H15N2.4CO.Co.H2O.O/c1-3-4-5-10-7-6-9(2)8-10;4*1-2;;;/h6-8H,3-5H2,1-2H3;;;;;;1H2;/q+1;;;;;;;/p-1. The zero-order valence-corrected chi connectivity index (χ0v) is 12.6. The molecule has 8 radical (unpaired) electrons. The zero-order valence-electron chi connectivity index (χ0n) is 11.6. The van der Waals surface area contributed by atoms with Crippen molar-refractivity contribution in [3.63, 3.8) is 0 Å². The van der Waals surface area contributed by atoms with E-state index >= 15 is 0 Å². The third-order valence-electron chi connectivity index (χ3n) is 1.59. The SMILES string of the molecule is CCCCn1cc[n+](C)c1.[C]=O.[C]=O.[C]=O.[C]=O.[O]=[Co-][OH]. The van der Waals surface area contributed by atoms with Gasteiger partial charge in [-0.15, -0.1) is 0 Å². The van der Waals surface area contributed by atoms with E-state index in [1.54, 1.807) is 0 Å². The Balaban J connectivity index is -0.0000000656. The van der Waals surface area contributed by atoms with Crippen molar-refractivity contribution in [3.05, 3.63) is 18.7 Å². The molecule has 0 spiro atoms. The fourth-order valence-corrected chi connectivity index (χ4v) is 0.975. The van der Waals surface area contributed by atoms with Crippen LogP contribution < -0.4 is 4.57 Å². The molecule has 0 bridgehead atoms. The molecule has 0 aliphatic heterocycles. The van der Waals surface area contributed by atoms with Gasteiger partial charge in [0, 0.05) is 0 Å². The van der Waals surface area contributed by atoms with E-state index in [0.717, 1.165) is 6.54 Å². The van der Waals surface area contributed by atoms with Crippen LogP contribution in [0.4, 0.5) is 0 Å². The third-order valence-corrected chi connectivity index (χ3v) is 1.59. The van der Waals surface area contributed by atoms with Gasteiger partial charge in [-0.3, -0.25) is 19.2 Å². The first-order chi connectivity index (χ1) is 10.2. The van der Waals surface area contributed by atoms with E-state index < -0.39 is 15.0 Å². The Hall–Kier alpha value is -1.84. The van der Waals surface area contributed by atoms with Gasteiger partial charge < -0.3 is 0 Å². The van der Waals surface area contributed by atoms with Crippen LogP contribution in [0.1, 0.15) is 19.8 Å². The van der Waals surface area contributed by atoms with Crippen LogP contribution in [0.15, 0.2) is 18.7 Å². The molecule has 1 N–H and O–H groups in total. The predicted octanol–water partition coefficient (Wildman–Crippen LogP) is -1.15. The van der Waals surface area contributed by atoms with Gasteiger partial charge in [0.15, 0.2) is 0 Å². The number of unbranched alkanes of at least 4 members (excludes halogenated alkanes) is 1. The minimum atomic E-state index is -0.812. The van der Waals surface area contributed by atoms with Crippen molar-refractivity contribution < 1.29 is 46.8 Å². The average molecular weight is 343 g/mol. The van der Waals surface area contributed by atoms with E-state index in [4.69, 9.17) is 27.3 Å². The van der Waals surface area contributed by atoms with Gasteiger partial charge in [0.2, 0.25) is 6.33 Å². The number of aromatic nitrogens is 2. The Labute approximate surface area is 131 Å². The molecule has 0 saturated heterocycles. The third kappa shape index (κ3) is 38.1. The summed E-state index contributed by atoms with van der Waals surface area (Å²) in [5.74, 6) is 0. The molecule has 1 heterocycles. The summed E-state index contributed by atoms with van der Waals surface area (Å²) in [6, 6.07) is 0. The minimum absolute atomic E-state index is 0.812. The molecule has 21 heavy (non-hydrogen) atoms. The second kappa shape index (κ2) is 42.9. The normalized spacial score (nSPS) is 6.62. The topological polar surface area (TPSA) is 114 Å². The van der Waals surface area contributed by atoms with Gasteiger partial charge in [0.05, 0.1) is 13.6 Å². The van der Waals surface area contributed by atoms with Gasteiger partial charge in [-0.25, -0.2) is 9.13 Å². The number of aryl methyl sites for hydroxylation is 2. The molecule has 1 aromatic rings. The van der Waals surface area contributed by atoms with E-state index in [0.29, 0.717) is 0 Å². The van der Waals surface area contributed by atoms with Crippen LogP contribution in [0.3, 0.4) is 0 Å². The predicted molar refractivity (Wildman–Crippen MR) is 66.2 cm³/mol. The van der Waals surface area contributed by atoms with Gasteiger partial charge in [-0.05, 0) is 6.42 Å². The van der Waals surface area contributed by atoms with Crippen LogP contribution in [0.5, 0.6) is 0 Å². The average Bonchev–Trinajstić information content (AvgIpc) is 2.99. The maximum atomic E-state index is 8.45. The Bertz CT molecular complexity index is 291. The van der Waals surface area contributed by atoms with Crippen LogP contribution in [-0.4, -0.2) is 35.9 Å². The second-order valence-corrected chi connectivity index (χ2v) is 2.92. The second-order valence-electron chi connectivity index (χ2n) is 2.73. The van der Waals surface area contributed by atoms with E-state index in [1.807, 2.05) is 7.05 Å². The first kappa shape index (κ1) is 31.5. The summed E-state index contributed by atoms with van der Waals surface area (Å²) in [6.45, 7) is 21.4. The Morgan fingerprint density at radius 2 is 1.48 bits per heavy atom. The zero-order chi connectivity index (χ0) is 18.1. The van der Waals surface area contributed by atoms with Crippen molar-refractivity contribution >= 4 is 27.2 Å². The van der Waals surface area contributed by atoms with Gasteiger partial charge in [0.25, 0.3) is 27.2 Å². The molecule has 0 fully saturated rings. The molecule has 0 aromatic carbocycles. The van der Waals surface area contributed by atoms with E-state index in [2.05, 4.69) is 61.9 Å². The van der Waals surface area contributed by atoms with E-state index in [1.165, 1.54) is 12.8 Å². The first-order valence-electron chi connectivity index (χ1n) is 4.94. The summed E-state index contributed by atoms with van der Waals surface area (Å²) in [4.78, 5) is 30.0. The monoisotopic (exact) mass is 343 g/mol. The van der Waals surface area contributed by atoms with Gasteiger partial charge in [0.1, 0.15) is 12.4 Å². The van der Waals surface area contributed by atoms with E-state index in [9.17, 15) is 0 Å². The van der Waals surface area contributed by atoms with Crippen LogP contribution in [0.25, 0.3) is 0 Å². The van der Waals surface area contributed by atoms with Crippen molar-refractivity contribution in [2.24, 2.45) is 7.05 Å². The number of nitrogens with zero attached hydrogens (tertiary/aromatic N) is 2. The van der Waals surface area contributed by atoms with Crippen molar-refractivity contribution in [2.45, 2.75) is 26.3 Å². The molecular formula is C12H16CoN2O6. The summed E-state index contributed by atoms with van der Waals surface area (Å²) in [7, 11) is 2.04. The van der Waals surface area contributed by atoms with E-state index in [-0.39, 0.29) is 0 Å². The van der Waals surface area contributed by atoms with Gasteiger partial charge in [-0.2, -0.15) is 0 Å². The van der Waals surface area contributed by atoms with Crippen LogP contribution in [-0.2, 0) is 51.6 Å². The molecule has 0 unspecified atom stereocenters. The Morgan fingerprint density at radius 1 is 1.10 bits per heavy atom. The summed E-state index contributed by atoms with van der Waals surface area (Å²) in [5, 5.41) is 0. The number of rotatable bonds is 3. The van der Waals surface area contributed by atoms with Crippen molar-refractivity contribution in [1.82, 2.24) is 4.57 Å². The first-order valence-corrected chi connectivity index (χ1v) is 5.83. The molecule has 1 aromatic heterocycles. The molecule has 0 aliphatic rings. The van der Waals surface area contributed by atoms with Gasteiger partial charge in [-0.1, -0.05) is 13.3 Å². The molecule has 0 aliphatic carbocycles. The molecule has 1 rings (SSSR count). The summed E-state index contributed by atoms with van der Waals surface area (Å²) in [5.41, 5.74) is 0. The molecular weight excluding hydrogens is 327 g/mol. The van der Waals surface area contributed by atoms with Crippen LogP contribution in [0, 0.1) is 0 Å². The fraction of sp³-hybridized carbons (Fsp3) is 0.417. The molecule has 8 nitrogen and oxygen atoms in total. The van der Waals surface area contributed by atoms with Crippen LogP contribution in [0.2, 0.25) is 0 Å². The summed E-state index contributed by atoms with van der Waals surface area (Å²) < 4.78 is 19.7. The quantitative estimate of drug-likeness (QED) is 0.693. The summed E-state index contributed by atoms with van der Waals surface area (Å²) in [6.07, 6.45) is 8.82. The van der Waals surface area contributed by atoms with Crippen molar-refractivity contribution in [1.29, 1.82) is 0 Å².